The third-order valence-electron chi connectivity index (χ3n) is 5.69. The Bertz CT molecular complexity index is 1380. The first-order chi connectivity index (χ1) is 17.3. The highest BCUT2D eigenvalue weighted by Gasteiger charge is 2.41. The van der Waals surface area contributed by atoms with E-state index in [4.69, 9.17) is 4.74 Å². The molecule has 0 amide bonds. The molecule has 1 aliphatic rings. The van der Waals surface area contributed by atoms with E-state index in [2.05, 4.69) is 44.2 Å². The van der Waals surface area contributed by atoms with Crippen molar-refractivity contribution >= 4 is 38.9 Å². The molecule has 1 saturated heterocycles. The average Bonchev–Trinajstić information content (AvgIpc) is 3.30. The van der Waals surface area contributed by atoms with Gasteiger partial charge < -0.3 is 14.8 Å². The minimum Gasteiger partial charge on any atom is -0.420 e. The molecule has 0 saturated carbocycles. The van der Waals surface area contributed by atoms with Gasteiger partial charge in [-0.15, -0.1) is 11.3 Å². The Morgan fingerprint density at radius 3 is 2.69 bits per heavy atom. The first-order valence-corrected chi connectivity index (χ1v) is 12.1. The van der Waals surface area contributed by atoms with Crippen molar-refractivity contribution in [3.63, 3.8) is 0 Å². The van der Waals surface area contributed by atoms with Gasteiger partial charge in [-0.1, -0.05) is 24.3 Å². The first kappa shape index (κ1) is 24.2. The fourth-order valence-electron chi connectivity index (χ4n) is 3.98. The molecule has 186 valence electrons. The van der Waals surface area contributed by atoms with Gasteiger partial charge in [-0.05, 0) is 41.5 Å². The van der Waals surface area contributed by atoms with E-state index < -0.39 is 12.1 Å². The molecule has 0 bridgehead atoms. The molecule has 0 atom stereocenters. The number of hydrogen-bond donors (Lipinski definition) is 1. The summed E-state index contributed by atoms with van der Waals surface area (Å²) in [5, 5.41) is 3.21. The summed E-state index contributed by atoms with van der Waals surface area (Å²) < 4.78 is 48.4. The summed E-state index contributed by atoms with van der Waals surface area (Å²) >= 11 is 1.58. The fourth-order valence-corrected chi connectivity index (χ4v) is 5.06. The number of anilines is 2. The van der Waals surface area contributed by atoms with Gasteiger partial charge >= 0.3 is 12.1 Å². The van der Waals surface area contributed by atoms with Gasteiger partial charge in [-0.3, -0.25) is 9.88 Å². The van der Waals surface area contributed by atoms with Crippen molar-refractivity contribution in [2.24, 2.45) is 0 Å². The number of ether oxygens (including phenoxy) is 2. The number of esters is 1. The zero-order chi connectivity index (χ0) is 25.1. The molecule has 0 aliphatic carbocycles. The second kappa shape index (κ2) is 10.3. The van der Waals surface area contributed by atoms with Crippen LogP contribution in [0.3, 0.4) is 0 Å². The number of carbonyl (C=O) groups excluding carboxylic acids is 1. The Labute approximate surface area is 209 Å². The zero-order valence-electron chi connectivity index (χ0n) is 19.0. The highest BCUT2D eigenvalue weighted by atomic mass is 32.1. The number of aromatic nitrogens is 1. The standard InChI is InChI=1S/C26H22F3N3O3S/c27-26(28,29)25(33)35-20-6-2-5-19(14-20)31-21-7-8-30-22-15-23(36-24(21)22)18-4-1-3-17(13-18)16-32-9-11-34-12-10-32/h1-8,13-15H,9-12,16H2,(H,30,31). The molecule has 1 N–H and O–H groups in total. The van der Waals surface area contributed by atoms with Crippen LogP contribution in [-0.2, 0) is 16.1 Å². The third-order valence-corrected chi connectivity index (χ3v) is 6.89. The van der Waals surface area contributed by atoms with Crippen molar-refractivity contribution in [1.82, 2.24) is 9.88 Å². The summed E-state index contributed by atoms with van der Waals surface area (Å²) in [7, 11) is 0. The number of pyridine rings is 1. The van der Waals surface area contributed by atoms with E-state index in [9.17, 15) is 18.0 Å². The molecule has 36 heavy (non-hydrogen) atoms. The maximum atomic E-state index is 12.5. The van der Waals surface area contributed by atoms with E-state index in [-0.39, 0.29) is 5.75 Å². The van der Waals surface area contributed by atoms with Gasteiger partial charge in [0.25, 0.3) is 0 Å². The minimum atomic E-state index is -5.06. The van der Waals surface area contributed by atoms with Crippen LogP contribution in [-0.4, -0.2) is 48.3 Å². The van der Waals surface area contributed by atoms with Gasteiger partial charge in [0.2, 0.25) is 0 Å². The Balaban J connectivity index is 1.37. The highest BCUT2D eigenvalue weighted by Crippen LogP contribution is 2.38. The second-order valence-corrected chi connectivity index (χ2v) is 9.36. The summed E-state index contributed by atoms with van der Waals surface area (Å²) in [5.41, 5.74) is 4.36. The second-order valence-electron chi connectivity index (χ2n) is 8.31. The Hall–Kier alpha value is -3.47. The predicted octanol–water partition coefficient (Wildman–Crippen LogP) is 6.01. The lowest BCUT2D eigenvalue weighted by molar-refractivity contribution is -0.189. The van der Waals surface area contributed by atoms with E-state index in [0.717, 1.165) is 59.2 Å². The maximum Gasteiger partial charge on any atom is 0.491 e. The van der Waals surface area contributed by atoms with Crippen LogP contribution in [0.1, 0.15) is 5.56 Å². The summed E-state index contributed by atoms with van der Waals surface area (Å²) in [4.78, 5) is 19.1. The smallest absolute Gasteiger partial charge is 0.420 e. The van der Waals surface area contributed by atoms with Crippen LogP contribution < -0.4 is 10.1 Å². The molecule has 4 aromatic rings. The predicted molar refractivity (Wildman–Crippen MR) is 133 cm³/mol. The van der Waals surface area contributed by atoms with Gasteiger partial charge in [-0.25, -0.2) is 4.79 Å². The number of nitrogens with one attached hydrogen (secondary N) is 1. The third kappa shape index (κ3) is 5.67. The van der Waals surface area contributed by atoms with Crippen molar-refractivity contribution in [3.05, 3.63) is 72.4 Å². The fraction of sp³-hybridized carbons (Fsp3) is 0.231. The van der Waals surface area contributed by atoms with Crippen LogP contribution in [0, 0.1) is 0 Å². The summed E-state index contributed by atoms with van der Waals surface area (Å²) in [6.07, 6.45) is -3.39. The molecule has 0 radical (unpaired) electrons. The number of fused-ring (bicyclic) bond motifs is 1. The van der Waals surface area contributed by atoms with Crippen molar-refractivity contribution in [2.75, 3.05) is 31.6 Å². The Morgan fingerprint density at radius 1 is 1.08 bits per heavy atom. The van der Waals surface area contributed by atoms with Crippen molar-refractivity contribution < 1.29 is 27.4 Å². The number of halogens is 3. The molecule has 1 aliphatic heterocycles. The summed E-state index contributed by atoms with van der Waals surface area (Å²) in [6, 6.07) is 18.1. The summed E-state index contributed by atoms with van der Waals surface area (Å²) in [6.45, 7) is 4.21. The topological polar surface area (TPSA) is 63.7 Å². The first-order valence-electron chi connectivity index (χ1n) is 11.3. The van der Waals surface area contributed by atoms with Gasteiger partial charge in [0.05, 0.1) is 29.1 Å². The van der Waals surface area contributed by atoms with Crippen LogP contribution in [0.25, 0.3) is 20.7 Å². The zero-order valence-corrected chi connectivity index (χ0v) is 19.9. The Kier molecular flexibility index (Phi) is 6.90. The molecule has 1 fully saturated rings. The van der Waals surface area contributed by atoms with Gasteiger partial charge in [0, 0.05) is 42.5 Å². The maximum absolute atomic E-state index is 12.5. The number of alkyl halides is 3. The number of nitrogens with zero attached hydrogens (tertiary/aromatic N) is 2. The van der Waals surface area contributed by atoms with Gasteiger partial charge in [0.15, 0.2) is 0 Å². The van der Waals surface area contributed by atoms with Crippen LogP contribution in [0.2, 0.25) is 0 Å². The summed E-state index contributed by atoms with van der Waals surface area (Å²) in [5.74, 6) is -2.46. The molecule has 3 heterocycles. The molecule has 6 nitrogen and oxygen atoms in total. The monoisotopic (exact) mass is 513 g/mol. The van der Waals surface area contributed by atoms with E-state index >= 15 is 0 Å². The molecule has 10 heteroatoms. The van der Waals surface area contributed by atoms with Crippen LogP contribution >= 0.6 is 11.3 Å². The quantitative estimate of drug-likeness (QED) is 0.252. The van der Waals surface area contributed by atoms with Crippen molar-refractivity contribution in [2.45, 2.75) is 12.7 Å². The van der Waals surface area contributed by atoms with E-state index in [1.54, 1.807) is 29.7 Å². The van der Waals surface area contributed by atoms with Crippen LogP contribution in [0.5, 0.6) is 5.75 Å². The van der Waals surface area contributed by atoms with E-state index in [0.29, 0.717) is 5.69 Å². The lowest BCUT2D eigenvalue weighted by atomic mass is 10.1. The van der Waals surface area contributed by atoms with Crippen LogP contribution in [0.15, 0.2) is 66.9 Å². The molecule has 0 spiro atoms. The number of carbonyl (C=O) groups is 1. The highest BCUT2D eigenvalue weighted by molar-refractivity contribution is 7.22. The number of rotatable bonds is 6. The molecule has 2 aromatic heterocycles. The van der Waals surface area contributed by atoms with Crippen molar-refractivity contribution in [3.8, 4) is 16.2 Å². The molecular formula is C26H22F3N3O3S. The normalized spacial score (nSPS) is 14.6. The molecular weight excluding hydrogens is 491 g/mol. The number of morpholine rings is 1. The minimum absolute atomic E-state index is 0.198. The van der Waals surface area contributed by atoms with E-state index in [1.807, 2.05) is 6.07 Å². The largest absolute Gasteiger partial charge is 0.491 e. The molecule has 0 unspecified atom stereocenters. The Morgan fingerprint density at radius 2 is 1.89 bits per heavy atom. The number of thiophene rings is 1. The SMILES string of the molecule is O=C(Oc1cccc(Nc2ccnc3cc(-c4cccc(CN5CCOCC5)c4)sc23)c1)C(F)(F)F. The van der Waals surface area contributed by atoms with Crippen LogP contribution in [0.4, 0.5) is 24.5 Å². The van der Waals surface area contributed by atoms with Crippen molar-refractivity contribution in [1.29, 1.82) is 0 Å². The number of benzene rings is 2. The van der Waals surface area contributed by atoms with Gasteiger partial charge in [-0.2, -0.15) is 13.2 Å². The number of hydrogen-bond acceptors (Lipinski definition) is 7. The average molecular weight is 514 g/mol. The van der Waals surface area contributed by atoms with E-state index in [1.165, 1.54) is 23.8 Å². The lowest BCUT2D eigenvalue weighted by Gasteiger charge is -2.26. The molecule has 5 rings (SSSR count). The lowest BCUT2D eigenvalue weighted by Crippen LogP contribution is -2.35. The van der Waals surface area contributed by atoms with Gasteiger partial charge in [0.1, 0.15) is 5.75 Å². The molecule has 2 aromatic carbocycles.